The number of carboxylic acid groups (broad SMARTS) is 1. The molecule has 0 bridgehead atoms. The fourth-order valence-electron chi connectivity index (χ4n) is 2.50. The highest BCUT2D eigenvalue weighted by atomic mass is 35.5. The molecule has 1 aliphatic carbocycles. The number of nitrogens with one attached hydrogen (secondary N) is 1. The largest absolute Gasteiger partial charge is 0.480 e. The first-order valence-electron chi connectivity index (χ1n) is 6.93. The van der Waals surface area contributed by atoms with Gasteiger partial charge in [0.2, 0.25) is 0 Å². The summed E-state index contributed by atoms with van der Waals surface area (Å²) in [6, 6.07) is 1.62. The maximum Gasteiger partial charge on any atom is 0.317 e. The van der Waals surface area contributed by atoms with Gasteiger partial charge >= 0.3 is 5.97 Å². The molecule has 1 aliphatic rings. The van der Waals surface area contributed by atoms with E-state index in [0.29, 0.717) is 12.4 Å². The summed E-state index contributed by atoms with van der Waals surface area (Å²) in [4.78, 5) is 26.7. The lowest BCUT2D eigenvalue weighted by atomic mass is 9.85. The van der Waals surface area contributed by atoms with Crippen molar-refractivity contribution in [1.82, 2.24) is 9.88 Å². The van der Waals surface area contributed by atoms with Gasteiger partial charge in [0, 0.05) is 18.2 Å². The van der Waals surface area contributed by atoms with Gasteiger partial charge in [-0.25, -0.2) is 4.98 Å². The Morgan fingerprint density at radius 3 is 2.82 bits per heavy atom. The summed E-state index contributed by atoms with van der Waals surface area (Å²) < 4.78 is 0. The van der Waals surface area contributed by atoms with E-state index in [2.05, 4.69) is 10.3 Å². The second kappa shape index (κ2) is 6.89. The Hall–Kier alpha value is -1.93. The van der Waals surface area contributed by atoms with Crippen molar-refractivity contribution in [2.24, 2.45) is 0 Å². The van der Waals surface area contributed by atoms with Crippen LogP contribution in [0.2, 0.25) is 5.02 Å². The van der Waals surface area contributed by atoms with Gasteiger partial charge in [0.1, 0.15) is 12.0 Å². The van der Waals surface area contributed by atoms with Gasteiger partial charge in [0.15, 0.2) is 0 Å². The van der Waals surface area contributed by atoms with Crippen molar-refractivity contribution in [2.45, 2.75) is 31.8 Å². The number of carbonyl (C=O) groups is 1. The Bertz CT molecular complexity index is 577. The van der Waals surface area contributed by atoms with Crippen LogP contribution in [0.5, 0.6) is 0 Å². The predicted octanol–water partition coefficient (Wildman–Crippen LogP) is 1.99. The molecule has 1 heterocycles. The lowest BCUT2D eigenvalue weighted by Gasteiger charge is -2.42. The number of halogens is 1. The van der Waals surface area contributed by atoms with E-state index in [-0.39, 0.29) is 29.3 Å². The zero-order chi connectivity index (χ0) is 16.3. The van der Waals surface area contributed by atoms with Gasteiger partial charge in [-0.3, -0.25) is 19.8 Å². The summed E-state index contributed by atoms with van der Waals surface area (Å²) in [6.07, 6.45) is 2.74. The molecule has 0 aliphatic heterocycles. The van der Waals surface area contributed by atoms with E-state index in [1.54, 1.807) is 0 Å². The summed E-state index contributed by atoms with van der Waals surface area (Å²) in [5.41, 5.74) is -0.152. The van der Waals surface area contributed by atoms with Crippen molar-refractivity contribution >= 4 is 29.1 Å². The fraction of sp³-hybridized carbons (Fsp3) is 0.538. The van der Waals surface area contributed by atoms with E-state index in [1.165, 1.54) is 6.07 Å². The number of nitrogens with zero attached hydrogens (tertiary/aromatic N) is 3. The molecule has 2 N–H and O–H groups in total. The highest BCUT2D eigenvalue weighted by Gasteiger charge is 2.34. The van der Waals surface area contributed by atoms with Crippen LogP contribution in [0.3, 0.4) is 0 Å². The Balaban J connectivity index is 1.90. The Labute approximate surface area is 132 Å². The van der Waals surface area contributed by atoms with Gasteiger partial charge in [-0.1, -0.05) is 18.5 Å². The third kappa shape index (κ3) is 3.83. The molecule has 0 saturated heterocycles. The molecular formula is C13H17ClN4O4. The minimum absolute atomic E-state index is 0.0322. The van der Waals surface area contributed by atoms with Crippen LogP contribution in [0.25, 0.3) is 0 Å². The van der Waals surface area contributed by atoms with E-state index in [1.807, 2.05) is 11.8 Å². The average Bonchev–Trinajstić information content (AvgIpc) is 2.41. The summed E-state index contributed by atoms with van der Waals surface area (Å²) in [6.45, 7) is 2.64. The number of likely N-dealkylation sites (N-methyl/N-ethyl adjacent to an activating group) is 1. The molecule has 0 radical (unpaired) electrons. The van der Waals surface area contributed by atoms with E-state index in [0.717, 1.165) is 19.0 Å². The topological polar surface area (TPSA) is 109 Å². The first kappa shape index (κ1) is 16.4. The molecule has 0 atom stereocenters. The lowest BCUT2D eigenvalue weighted by Crippen LogP contribution is -2.51. The number of hydrogen-bond donors (Lipinski definition) is 2. The number of hydrogen-bond acceptors (Lipinski definition) is 6. The van der Waals surface area contributed by atoms with Gasteiger partial charge in [-0.05, 0) is 19.4 Å². The number of aromatic nitrogens is 1. The predicted molar refractivity (Wildman–Crippen MR) is 81.2 cm³/mol. The van der Waals surface area contributed by atoms with E-state index in [9.17, 15) is 14.9 Å². The molecule has 2 rings (SSSR count). The zero-order valence-electron chi connectivity index (χ0n) is 12.0. The standard InChI is InChI=1S/C13H17ClN4O4/c1-2-17(7-12(19)20)9-3-8(4-9)16-13-11(14)5-10(6-15-13)18(21)22/h5-6,8-9H,2-4,7H2,1H3,(H,15,16)(H,19,20). The van der Waals surface area contributed by atoms with Crippen LogP contribution < -0.4 is 5.32 Å². The van der Waals surface area contributed by atoms with Crippen LogP contribution in [-0.4, -0.2) is 51.1 Å². The Morgan fingerprint density at radius 1 is 1.64 bits per heavy atom. The fourth-order valence-corrected chi connectivity index (χ4v) is 2.72. The van der Waals surface area contributed by atoms with Gasteiger partial charge in [-0.15, -0.1) is 0 Å². The monoisotopic (exact) mass is 328 g/mol. The van der Waals surface area contributed by atoms with Crippen molar-refractivity contribution in [3.05, 3.63) is 27.4 Å². The third-order valence-electron chi connectivity index (χ3n) is 3.75. The molecule has 8 nitrogen and oxygen atoms in total. The van der Waals surface area contributed by atoms with Gasteiger partial charge in [-0.2, -0.15) is 0 Å². The summed E-state index contributed by atoms with van der Waals surface area (Å²) in [5, 5.41) is 22.8. The number of carboxylic acids is 1. The number of pyridine rings is 1. The van der Waals surface area contributed by atoms with Crippen LogP contribution in [0.1, 0.15) is 19.8 Å². The average molecular weight is 329 g/mol. The molecule has 0 spiro atoms. The van der Waals surface area contributed by atoms with Crippen LogP contribution in [0, 0.1) is 10.1 Å². The van der Waals surface area contributed by atoms with Gasteiger partial charge in [0.25, 0.3) is 5.69 Å². The van der Waals surface area contributed by atoms with E-state index < -0.39 is 10.9 Å². The number of anilines is 1. The van der Waals surface area contributed by atoms with Crippen molar-refractivity contribution in [3.63, 3.8) is 0 Å². The quantitative estimate of drug-likeness (QED) is 0.582. The molecule has 1 aromatic heterocycles. The summed E-state index contributed by atoms with van der Waals surface area (Å²) >= 11 is 5.98. The first-order valence-corrected chi connectivity index (χ1v) is 7.30. The van der Waals surface area contributed by atoms with Crippen LogP contribution in [-0.2, 0) is 4.79 Å². The summed E-state index contributed by atoms with van der Waals surface area (Å²) in [7, 11) is 0. The first-order chi connectivity index (χ1) is 10.4. The van der Waals surface area contributed by atoms with E-state index in [4.69, 9.17) is 16.7 Å². The normalized spacial score (nSPS) is 20.5. The minimum Gasteiger partial charge on any atom is -0.480 e. The highest BCUT2D eigenvalue weighted by Crippen LogP contribution is 2.31. The van der Waals surface area contributed by atoms with Crippen molar-refractivity contribution in [2.75, 3.05) is 18.4 Å². The molecular weight excluding hydrogens is 312 g/mol. The van der Waals surface area contributed by atoms with Gasteiger partial charge < -0.3 is 10.4 Å². The maximum atomic E-state index is 10.8. The molecule has 22 heavy (non-hydrogen) atoms. The van der Waals surface area contributed by atoms with Crippen LogP contribution in [0.4, 0.5) is 11.5 Å². The highest BCUT2D eigenvalue weighted by molar-refractivity contribution is 6.33. The maximum absolute atomic E-state index is 10.8. The van der Waals surface area contributed by atoms with E-state index >= 15 is 0 Å². The molecule has 9 heteroatoms. The molecule has 1 fully saturated rings. The van der Waals surface area contributed by atoms with Crippen LogP contribution in [0.15, 0.2) is 12.3 Å². The van der Waals surface area contributed by atoms with Crippen LogP contribution >= 0.6 is 11.6 Å². The molecule has 1 saturated carbocycles. The minimum atomic E-state index is -0.835. The Morgan fingerprint density at radius 2 is 2.32 bits per heavy atom. The van der Waals surface area contributed by atoms with Crippen molar-refractivity contribution in [1.29, 1.82) is 0 Å². The van der Waals surface area contributed by atoms with Crippen molar-refractivity contribution < 1.29 is 14.8 Å². The van der Waals surface area contributed by atoms with Crippen molar-refractivity contribution in [3.8, 4) is 0 Å². The SMILES string of the molecule is CCN(CC(=O)O)C1CC(Nc2ncc([N+](=O)[O-])cc2Cl)C1. The molecule has 0 aromatic carbocycles. The van der Waals surface area contributed by atoms with Gasteiger partial charge in [0.05, 0.1) is 16.5 Å². The second-order valence-electron chi connectivity index (χ2n) is 5.20. The smallest absolute Gasteiger partial charge is 0.317 e. The summed E-state index contributed by atoms with van der Waals surface area (Å²) in [5.74, 6) is -0.421. The second-order valence-corrected chi connectivity index (χ2v) is 5.61. The lowest BCUT2D eigenvalue weighted by molar-refractivity contribution is -0.385. The molecule has 1 aromatic rings. The molecule has 0 unspecified atom stereocenters. The Kier molecular flexibility index (Phi) is 5.15. The number of rotatable bonds is 7. The molecule has 0 amide bonds. The number of aliphatic carboxylic acids is 1. The third-order valence-corrected chi connectivity index (χ3v) is 4.04. The number of nitro groups is 1. The molecule has 120 valence electrons. The zero-order valence-corrected chi connectivity index (χ0v) is 12.8.